The normalized spacial score (nSPS) is 22.0. The molecular formula is C10H22N2. The summed E-state index contributed by atoms with van der Waals surface area (Å²) in [5.74, 6) is 0. The molecule has 0 aromatic rings. The van der Waals surface area contributed by atoms with Gasteiger partial charge in [0.15, 0.2) is 0 Å². The van der Waals surface area contributed by atoms with Gasteiger partial charge in [-0.1, -0.05) is 26.7 Å². The third-order valence-electron chi connectivity index (χ3n) is 3.35. The molecule has 72 valence electrons. The Bertz CT molecular complexity index is 124. The summed E-state index contributed by atoms with van der Waals surface area (Å²) in [7, 11) is 0. The largest absolute Gasteiger partial charge is 0.329 e. The summed E-state index contributed by atoms with van der Waals surface area (Å²) in [5, 5.41) is 0. The maximum absolute atomic E-state index is 5.88. The molecule has 2 heteroatoms. The SMILES string of the molecule is CCN(CC)C1(CN)CCCC1. The molecule has 0 aromatic carbocycles. The van der Waals surface area contributed by atoms with Gasteiger partial charge in [0.25, 0.3) is 0 Å². The van der Waals surface area contributed by atoms with Crippen LogP contribution in [0.5, 0.6) is 0 Å². The van der Waals surface area contributed by atoms with Gasteiger partial charge in [0.05, 0.1) is 0 Å². The first kappa shape index (κ1) is 10.0. The van der Waals surface area contributed by atoms with E-state index in [4.69, 9.17) is 5.73 Å². The minimum Gasteiger partial charge on any atom is -0.329 e. The van der Waals surface area contributed by atoms with Crippen LogP contribution in [0.1, 0.15) is 39.5 Å². The quantitative estimate of drug-likeness (QED) is 0.694. The number of nitrogens with zero attached hydrogens (tertiary/aromatic N) is 1. The predicted octanol–water partition coefficient (Wildman–Crippen LogP) is 1.60. The van der Waals surface area contributed by atoms with Gasteiger partial charge in [0.2, 0.25) is 0 Å². The highest BCUT2D eigenvalue weighted by Crippen LogP contribution is 2.33. The molecule has 0 atom stereocenters. The number of nitrogens with two attached hydrogens (primary N) is 1. The molecule has 1 rings (SSSR count). The van der Waals surface area contributed by atoms with Crippen molar-refractivity contribution in [2.75, 3.05) is 19.6 Å². The first-order chi connectivity index (χ1) is 5.79. The Morgan fingerprint density at radius 3 is 2.00 bits per heavy atom. The lowest BCUT2D eigenvalue weighted by Gasteiger charge is -2.39. The van der Waals surface area contributed by atoms with Crippen LogP contribution >= 0.6 is 0 Å². The highest BCUT2D eigenvalue weighted by molar-refractivity contribution is 4.94. The van der Waals surface area contributed by atoms with Crippen LogP contribution in [0.25, 0.3) is 0 Å². The Labute approximate surface area is 76.1 Å². The number of hydrogen-bond acceptors (Lipinski definition) is 2. The van der Waals surface area contributed by atoms with Crippen LogP contribution in [-0.2, 0) is 0 Å². The molecule has 1 saturated carbocycles. The Morgan fingerprint density at radius 2 is 1.67 bits per heavy atom. The second-order valence-electron chi connectivity index (χ2n) is 3.81. The number of rotatable bonds is 4. The summed E-state index contributed by atoms with van der Waals surface area (Å²) >= 11 is 0. The maximum Gasteiger partial charge on any atom is 0.0331 e. The molecule has 0 bridgehead atoms. The van der Waals surface area contributed by atoms with E-state index in [9.17, 15) is 0 Å². The van der Waals surface area contributed by atoms with Crippen molar-refractivity contribution in [2.45, 2.75) is 45.1 Å². The van der Waals surface area contributed by atoms with Gasteiger partial charge >= 0.3 is 0 Å². The standard InChI is InChI=1S/C10H22N2/c1-3-12(4-2)10(9-11)7-5-6-8-10/h3-9,11H2,1-2H3. The summed E-state index contributed by atoms with van der Waals surface area (Å²) in [5.41, 5.74) is 6.24. The van der Waals surface area contributed by atoms with E-state index >= 15 is 0 Å². The van der Waals surface area contributed by atoms with Crippen LogP contribution in [0.4, 0.5) is 0 Å². The van der Waals surface area contributed by atoms with Crippen molar-refractivity contribution < 1.29 is 0 Å². The molecule has 0 unspecified atom stereocenters. The van der Waals surface area contributed by atoms with E-state index < -0.39 is 0 Å². The zero-order chi connectivity index (χ0) is 9.03. The summed E-state index contributed by atoms with van der Waals surface area (Å²) in [4.78, 5) is 2.54. The molecule has 0 spiro atoms. The van der Waals surface area contributed by atoms with Crippen LogP contribution in [0.3, 0.4) is 0 Å². The van der Waals surface area contributed by atoms with Crippen molar-refractivity contribution in [2.24, 2.45) is 5.73 Å². The smallest absolute Gasteiger partial charge is 0.0331 e. The average Bonchev–Trinajstić information content (AvgIpc) is 2.56. The van der Waals surface area contributed by atoms with Gasteiger partial charge in [-0.05, 0) is 25.9 Å². The average molecular weight is 170 g/mol. The van der Waals surface area contributed by atoms with Crippen molar-refractivity contribution >= 4 is 0 Å². The molecule has 0 heterocycles. The lowest BCUT2D eigenvalue weighted by atomic mass is 9.95. The van der Waals surface area contributed by atoms with E-state index in [1.165, 1.54) is 25.7 Å². The third-order valence-corrected chi connectivity index (χ3v) is 3.35. The Morgan fingerprint density at radius 1 is 1.17 bits per heavy atom. The van der Waals surface area contributed by atoms with Gasteiger partial charge in [-0.25, -0.2) is 0 Å². The highest BCUT2D eigenvalue weighted by atomic mass is 15.2. The molecule has 1 aliphatic rings. The van der Waals surface area contributed by atoms with Gasteiger partial charge in [0, 0.05) is 12.1 Å². The molecule has 0 saturated heterocycles. The van der Waals surface area contributed by atoms with E-state index in [2.05, 4.69) is 18.7 Å². The number of likely N-dealkylation sites (N-methyl/N-ethyl adjacent to an activating group) is 1. The molecule has 1 aliphatic carbocycles. The molecule has 0 amide bonds. The summed E-state index contributed by atoms with van der Waals surface area (Å²) in [6.45, 7) is 7.61. The molecule has 0 aromatic heterocycles. The van der Waals surface area contributed by atoms with Crippen LogP contribution < -0.4 is 5.73 Å². The van der Waals surface area contributed by atoms with E-state index in [1.54, 1.807) is 0 Å². The minimum atomic E-state index is 0.365. The van der Waals surface area contributed by atoms with Crippen LogP contribution in [-0.4, -0.2) is 30.1 Å². The van der Waals surface area contributed by atoms with Gasteiger partial charge < -0.3 is 5.73 Å². The van der Waals surface area contributed by atoms with Crippen molar-refractivity contribution in [3.05, 3.63) is 0 Å². The zero-order valence-electron chi connectivity index (χ0n) is 8.47. The fraction of sp³-hybridized carbons (Fsp3) is 1.00. The van der Waals surface area contributed by atoms with Gasteiger partial charge in [-0.15, -0.1) is 0 Å². The van der Waals surface area contributed by atoms with Crippen molar-refractivity contribution in [1.82, 2.24) is 4.90 Å². The van der Waals surface area contributed by atoms with Crippen molar-refractivity contribution in [3.8, 4) is 0 Å². The second-order valence-corrected chi connectivity index (χ2v) is 3.81. The first-order valence-corrected chi connectivity index (χ1v) is 5.24. The Balaban J connectivity index is 2.63. The van der Waals surface area contributed by atoms with Gasteiger partial charge in [-0.2, -0.15) is 0 Å². The molecule has 2 N–H and O–H groups in total. The third kappa shape index (κ3) is 1.64. The highest BCUT2D eigenvalue weighted by Gasteiger charge is 2.36. The fourth-order valence-corrected chi connectivity index (χ4v) is 2.58. The maximum atomic E-state index is 5.88. The lowest BCUT2D eigenvalue weighted by Crippen LogP contribution is -2.51. The van der Waals surface area contributed by atoms with E-state index in [-0.39, 0.29) is 0 Å². The topological polar surface area (TPSA) is 29.3 Å². The van der Waals surface area contributed by atoms with Gasteiger partial charge in [0.1, 0.15) is 0 Å². The molecule has 12 heavy (non-hydrogen) atoms. The molecule has 2 nitrogen and oxygen atoms in total. The minimum absolute atomic E-state index is 0.365. The Kier molecular flexibility index (Phi) is 3.53. The summed E-state index contributed by atoms with van der Waals surface area (Å²) in [6, 6.07) is 0. The van der Waals surface area contributed by atoms with E-state index in [0.717, 1.165) is 19.6 Å². The van der Waals surface area contributed by atoms with Gasteiger partial charge in [-0.3, -0.25) is 4.90 Å². The van der Waals surface area contributed by atoms with Crippen LogP contribution in [0, 0.1) is 0 Å². The van der Waals surface area contributed by atoms with E-state index in [0.29, 0.717) is 5.54 Å². The van der Waals surface area contributed by atoms with Crippen LogP contribution in [0.15, 0.2) is 0 Å². The van der Waals surface area contributed by atoms with Crippen LogP contribution in [0.2, 0.25) is 0 Å². The fourth-order valence-electron chi connectivity index (χ4n) is 2.58. The summed E-state index contributed by atoms with van der Waals surface area (Å²) < 4.78 is 0. The first-order valence-electron chi connectivity index (χ1n) is 5.24. The van der Waals surface area contributed by atoms with E-state index in [1.807, 2.05) is 0 Å². The molecular weight excluding hydrogens is 148 g/mol. The molecule has 0 radical (unpaired) electrons. The predicted molar refractivity (Wildman–Crippen MR) is 53.2 cm³/mol. The molecule has 1 fully saturated rings. The second kappa shape index (κ2) is 4.24. The Hall–Kier alpha value is -0.0800. The number of hydrogen-bond donors (Lipinski definition) is 1. The zero-order valence-corrected chi connectivity index (χ0v) is 8.47. The molecule has 0 aliphatic heterocycles. The van der Waals surface area contributed by atoms with Crippen molar-refractivity contribution in [3.63, 3.8) is 0 Å². The monoisotopic (exact) mass is 170 g/mol. The van der Waals surface area contributed by atoms with Crippen molar-refractivity contribution in [1.29, 1.82) is 0 Å². The lowest BCUT2D eigenvalue weighted by molar-refractivity contribution is 0.112. The summed E-state index contributed by atoms with van der Waals surface area (Å²) in [6.07, 6.45) is 5.36.